The number of carbonyl (C=O) groups is 1. The van der Waals surface area contributed by atoms with E-state index in [1.807, 2.05) is 18.0 Å². The first-order valence-electron chi connectivity index (χ1n) is 9.99. The number of likely N-dealkylation sites (tertiary alicyclic amines) is 1. The summed E-state index contributed by atoms with van der Waals surface area (Å²) in [5.41, 5.74) is 1.01. The molecule has 3 aliphatic heterocycles. The van der Waals surface area contributed by atoms with Crippen LogP contribution in [0.15, 0.2) is 6.07 Å². The minimum Gasteiger partial charge on any atom is -0.381 e. The molecule has 3 atom stereocenters. The highest BCUT2D eigenvalue weighted by Crippen LogP contribution is 2.31. The fourth-order valence-electron chi connectivity index (χ4n) is 4.57. The molecule has 3 aliphatic rings. The van der Waals surface area contributed by atoms with Crippen molar-refractivity contribution in [3.05, 3.63) is 11.8 Å². The number of amides is 2. The van der Waals surface area contributed by atoms with E-state index in [1.165, 1.54) is 0 Å². The number of anilines is 1. The van der Waals surface area contributed by atoms with E-state index >= 15 is 0 Å². The van der Waals surface area contributed by atoms with Gasteiger partial charge in [-0.15, -0.1) is 0 Å². The molecule has 0 bridgehead atoms. The van der Waals surface area contributed by atoms with Crippen molar-refractivity contribution in [1.29, 1.82) is 0 Å². The van der Waals surface area contributed by atoms with Gasteiger partial charge < -0.3 is 14.4 Å². The van der Waals surface area contributed by atoms with Gasteiger partial charge in [0, 0.05) is 50.8 Å². The molecule has 7 heteroatoms. The molecule has 4 heterocycles. The Morgan fingerprint density at radius 1 is 1.15 bits per heavy atom. The molecule has 0 saturated carbocycles. The average Bonchev–Trinajstić information content (AvgIpc) is 3.31. The molecular formula is C19H30N4O3. The first-order valence-corrected chi connectivity index (χ1v) is 9.99. The molecule has 3 saturated heterocycles. The summed E-state index contributed by atoms with van der Waals surface area (Å²) in [4.78, 5) is 14.9. The maximum Gasteiger partial charge on any atom is 0.323 e. The highest BCUT2D eigenvalue weighted by atomic mass is 16.5. The second-order valence-corrected chi connectivity index (χ2v) is 7.80. The van der Waals surface area contributed by atoms with E-state index in [1.54, 1.807) is 4.68 Å². The van der Waals surface area contributed by atoms with E-state index in [0.29, 0.717) is 17.9 Å². The molecule has 144 valence electrons. The van der Waals surface area contributed by atoms with Crippen molar-refractivity contribution in [1.82, 2.24) is 14.7 Å². The highest BCUT2D eigenvalue weighted by Gasteiger charge is 2.36. The number of nitrogens with zero attached hydrogens (tertiary/aromatic N) is 3. The van der Waals surface area contributed by atoms with Crippen molar-refractivity contribution in [3.63, 3.8) is 0 Å². The summed E-state index contributed by atoms with van der Waals surface area (Å²) < 4.78 is 13.0. The second kappa shape index (κ2) is 7.96. The standard InChI is InChI=1S/C19H30N4O3/c1-22-18(11-16(21-22)14-5-3-9-25-12-14)20-19(24)23-8-2-7-17(23)15-6-4-10-26-13-15/h11,14-15,17H,2-10,12-13H2,1H3,(H,20,24). The molecule has 3 unspecified atom stereocenters. The molecule has 3 fully saturated rings. The number of aromatic nitrogens is 2. The van der Waals surface area contributed by atoms with Gasteiger partial charge in [0.2, 0.25) is 0 Å². The lowest BCUT2D eigenvalue weighted by atomic mass is 9.92. The summed E-state index contributed by atoms with van der Waals surface area (Å²) in [6.45, 7) is 4.03. The number of ether oxygens (including phenoxy) is 2. The number of aryl methyl sites for hydroxylation is 1. The number of carbonyl (C=O) groups excluding carboxylic acids is 1. The van der Waals surface area contributed by atoms with Gasteiger partial charge in [0.1, 0.15) is 5.82 Å². The molecule has 0 aliphatic carbocycles. The van der Waals surface area contributed by atoms with Crippen LogP contribution in [0.25, 0.3) is 0 Å². The predicted octanol–water partition coefficient (Wildman–Crippen LogP) is 2.74. The predicted molar refractivity (Wildman–Crippen MR) is 98.3 cm³/mol. The summed E-state index contributed by atoms with van der Waals surface area (Å²) in [6.07, 6.45) is 6.58. The number of urea groups is 1. The van der Waals surface area contributed by atoms with E-state index in [-0.39, 0.29) is 6.03 Å². The summed E-state index contributed by atoms with van der Waals surface area (Å²) in [7, 11) is 1.89. The normalized spacial score (nSPS) is 29.7. The third-order valence-corrected chi connectivity index (χ3v) is 6.01. The van der Waals surface area contributed by atoms with E-state index in [9.17, 15) is 4.79 Å². The Bertz CT molecular complexity index is 620. The molecule has 1 aromatic heterocycles. The number of hydrogen-bond donors (Lipinski definition) is 1. The Morgan fingerprint density at radius 2 is 1.96 bits per heavy atom. The summed E-state index contributed by atoms with van der Waals surface area (Å²) >= 11 is 0. The molecule has 0 spiro atoms. The van der Waals surface area contributed by atoms with E-state index < -0.39 is 0 Å². The molecule has 7 nitrogen and oxygen atoms in total. The molecule has 1 N–H and O–H groups in total. The van der Waals surface area contributed by atoms with E-state index in [2.05, 4.69) is 10.4 Å². The van der Waals surface area contributed by atoms with Crippen LogP contribution in [0.2, 0.25) is 0 Å². The summed E-state index contributed by atoms with van der Waals surface area (Å²) in [6, 6.07) is 2.30. The minimum absolute atomic E-state index is 0.00693. The van der Waals surface area contributed by atoms with Crippen LogP contribution in [0.1, 0.15) is 50.1 Å². The SMILES string of the molecule is Cn1nc(C2CCCOC2)cc1NC(=O)N1CCCC1C1CCCOC1. The van der Waals surface area contributed by atoms with Gasteiger partial charge in [-0.25, -0.2) is 4.79 Å². The Hall–Kier alpha value is -1.60. The van der Waals surface area contributed by atoms with Crippen molar-refractivity contribution in [2.45, 2.75) is 50.5 Å². The quantitative estimate of drug-likeness (QED) is 0.898. The monoisotopic (exact) mass is 362 g/mol. The zero-order chi connectivity index (χ0) is 17.9. The highest BCUT2D eigenvalue weighted by molar-refractivity contribution is 5.89. The van der Waals surface area contributed by atoms with Gasteiger partial charge >= 0.3 is 6.03 Å². The Morgan fingerprint density at radius 3 is 2.69 bits per heavy atom. The van der Waals surface area contributed by atoms with Crippen molar-refractivity contribution in [3.8, 4) is 0 Å². The van der Waals surface area contributed by atoms with Crippen LogP contribution in [0, 0.1) is 5.92 Å². The van der Waals surface area contributed by atoms with Crippen LogP contribution in [-0.4, -0.2) is 59.7 Å². The lowest BCUT2D eigenvalue weighted by molar-refractivity contribution is 0.0273. The number of rotatable bonds is 3. The van der Waals surface area contributed by atoms with Crippen LogP contribution in [0.3, 0.4) is 0 Å². The maximum atomic E-state index is 12.9. The van der Waals surface area contributed by atoms with Crippen LogP contribution in [-0.2, 0) is 16.5 Å². The summed E-state index contributed by atoms with van der Waals surface area (Å²) in [5.74, 6) is 1.57. The van der Waals surface area contributed by atoms with Gasteiger partial charge in [0.25, 0.3) is 0 Å². The van der Waals surface area contributed by atoms with Gasteiger partial charge in [0.15, 0.2) is 0 Å². The largest absolute Gasteiger partial charge is 0.381 e. The lowest BCUT2D eigenvalue weighted by Crippen LogP contribution is -2.44. The van der Waals surface area contributed by atoms with Crippen molar-refractivity contribution in [2.24, 2.45) is 13.0 Å². The smallest absolute Gasteiger partial charge is 0.323 e. The third kappa shape index (κ3) is 3.74. The van der Waals surface area contributed by atoms with Crippen LogP contribution in [0.5, 0.6) is 0 Å². The van der Waals surface area contributed by atoms with Gasteiger partial charge in [-0.05, 0) is 38.5 Å². The maximum absolute atomic E-state index is 12.9. The fourth-order valence-corrected chi connectivity index (χ4v) is 4.57. The van der Waals surface area contributed by atoms with E-state index in [0.717, 1.165) is 83.0 Å². The molecule has 4 rings (SSSR count). The van der Waals surface area contributed by atoms with Crippen molar-refractivity contribution < 1.29 is 14.3 Å². The average molecular weight is 362 g/mol. The second-order valence-electron chi connectivity index (χ2n) is 7.80. The first kappa shape index (κ1) is 17.8. The minimum atomic E-state index is -0.00693. The Labute approximate surface area is 155 Å². The molecule has 0 radical (unpaired) electrons. The van der Waals surface area contributed by atoms with Crippen LogP contribution < -0.4 is 5.32 Å². The Kier molecular flexibility index (Phi) is 5.45. The molecule has 2 amide bonds. The van der Waals surface area contributed by atoms with Crippen LogP contribution >= 0.6 is 0 Å². The number of nitrogens with one attached hydrogen (secondary N) is 1. The zero-order valence-corrected chi connectivity index (χ0v) is 15.7. The number of hydrogen-bond acceptors (Lipinski definition) is 4. The topological polar surface area (TPSA) is 68.6 Å². The Balaban J connectivity index is 1.41. The van der Waals surface area contributed by atoms with Gasteiger partial charge in [-0.1, -0.05) is 0 Å². The molecule has 26 heavy (non-hydrogen) atoms. The van der Waals surface area contributed by atoms with Gasteiger partial charge in [-0.2, -0.15) is 5.10 Å². The lowest BCUT2D eigenvalue weighted by Gasteiger charge is -2.33. The first-order chi connectivity index (χ1) is 12.7. The fraction of sp³-hybridized carbons (Fsp3) is 0.789. The van der Waals surface area contributed by atoms with Gasteiger partial charge in [-0.3, -0.25) is 10.00 Å². The molecule has 1 aromatic rings. The third-order valence-electron chi connectivity index (χ3n) is 6.01. The molecular weight excluding hydrogens is 332 g/mol. The van der Waals surface area contributed by atoms with Crippen molar-refractivity contribution >= 4 is 11.8 Å². The zero-order valence-electron chi connectivity index (χ0n) is 15.7. The molecule has 0 aromatic carbocycles. The van der Waals surface area contributed by atoms with Crippen LogP contribution in [0.4, 0.5) is 10.6 Å². The van der Waals surface area contributed by atoms with Gasteiger partial charge in [0.05, 0.1) is 18.9 Å². The summed E-state index contributed by atoms with van der Waals surface area (Å²) in [5, 5.41) is 7.69. The van der Waals surface area contributed by atoms with E-state index in [4.69, 9.17) is 9.47 Å². The van der Waals surface area contributed by atoms with Crippen molar-refractivity contribution in [2.75, 3.05) is 38.3 Å².